The van der Waals surface area contributed by atoms with E-state index in [1.165, 1.54) is 0 Å². The van der Waals surface area contributed by atoms with Crippen molar-refractivity contribution in [1.29, 1.82) is 0 Å². The van der Waals surface area contributed by atoms with Gasteiger partial charge >= 0.3 is 5.97 Å². The quantitative estimate of drug-likeness (QED) is 0.599. The third kappa shape index (κ3) is 3.34. The van der Waals surface area contributed by atoms with Gasteiger partial charge in [0.05, 0.1) is 26.5 Å². The van der Waals surface area contributed by atoms with Crippen LogP contribution < -0.4 is 9.64 Å². The summed E-state index contributed by atoms with van der Waals surface area (Å²) in [5, 5.41) is 0. The van der Waals surface area contributed by atoms with Crippen LogP contribution >= 0.6 is 15.9 Å². The second-order valence-corrected chi connectivity index (χ2v) is 5.27. The van der Waals surface area contributed by atoms with Crippen LogP contribution in [0.1, 0.15) is 20.3 Å². The molecule has 0 spiro atoms. The van der Waals surface area contributed by atoms with Crippen molar-refractivity contribution in [3.63, 3.8) is 0 Å². The Hall–Kier alpha value is -1.63. The number of amidine groups is 1. The van der Waals surface area contributed by atoms with Gasteiger partial charge in [0.15, 0.2) is 6.04 Å². The summed E-state index contributed by atoms with van der Waals surface area (Å²) in [5.74, 6) is 1.22. The average molecular weight is 356 g/mol. The maximum atomic E-state index is 11.9. The molecule has 0 N–H and O–H groups in total. The Bertz CT molecular complexity index is 562. The first-order chi connectivity index (χ1) is 10.1. The van der Waals surface area contributed by atoms with E-state index in [1.54, 1.807) is 26.3 Å². The number of methoxy groups -OCH3 is 1. The van der Waals surface area contributed by atoms with E-state index in [2.05, 4.69) is 25.9 Å². The van der Waals surface area contributed by atoms with E-state index >= 15 is 0 Å². The van der Waals surface area contributed by atoms with E-state index in [0.717, 1.165) is 17.9 Å². The summed E-state index contributed by atoms with van der Waals surface area (Å²) in [7, 11) is 1.60. The fourth-order valence-electron chi connectivity index (χ4n) is 2.23. The number of carbonyl (C=O) groups is 1. The SMILES string of the molecule is CCOC(=O)C1CN(c2cnc(Br)cc2OC)C(CC)=N1. The molecule has 0 bridgehead atoms. The van der Waals surface area contributed by atoms with Crippen LogP contribution in [0.4, 0.5) is 5.69 Å². The summed E-state index contributed by atoms with van der Waals surface area (Å²) >= 11 is 3.32. The Labute approximate surface area is 132 Å². The lowest BCUT2D eigenvalue weighted by Gasteiger charge is -2.22. The van der Waals surface area contributed by atoms with Crippen molar-refractivity contribution in [2.45, 2.75) is 26.3 Å². The molecule has 6 nitrogen and oxygen atoms in total. The molecule has 114 valence electrons. The van der Waals surface area contributed by atoms with Crippen LogP contribution in [0, 0.1) is 0 Å². The van der Waals surface area contributed by atoms with Crippen molar-refractivity contribution in [3.8, 4) is 5.75 Å². The second kappa shape index (κ2) is 6.89. The molecular formula is C14H18BrN3O3. The van der Waals surface area contributed by atoms with E-state index in [1.807, 2.05) is 11.8 Å². The molecule has 7 heteroatoms. The smallest absolute Gasteiger partial charge is 0.332 e. The van der Waals surface area contributed by atoms with Gasteiger partial charge < -0.3 is 14.4 Å². The van der Waals surface area contributed by atoms with Gasteiger partial charge in [0.2, 0.25) is 0 Å². The number of aliphatic imine (C=N–C) groups is 1. The Morgan fingerprint density at radius 2 is 2.29 bits per heavy atom. The lowest BCUT2D eigenvalue weighted by atomic mass is 10.2. The minimum absolute atomic E-state index is 0.296. The van der Waals surface area contributed by atoms with Crippen molar-refractivity contribution in [3.05, 3.63) is 16.9 Å². The molecule has 1 aliphatic heterocycles. The standard InChI is InChI=1S/C14H18BrN3O3/c1-4-13-17-9(14(19)21-5-2)8-18(13)10-7-16-12(15)6-11(10)20-3/h6-7,9H,4-5,8H2,1-3H3. The molecule has 1 aromatic rings. The van der Waals surface area contributed by atoms with Crippen molar-refractivity contribution < 1.29 is 14.3 Å². The van der Waals surface area contributed by atoms with E-state index < -0.39 is 6.04 Å². The number of anilines is 1. The molecular weight excluding hydrogens is 338 g/mol. The first kappa shape index (κ1) is 15.8. The number of pyridine rings is 1. The van der Waals surface area contributed by atoms with E-state index in [0.29, 0.717) is 23.5 Å². The van der Waals surface area contributed by atoms with Crippen molar-refractivity contribution >= 4 is 33.4 Å². The highest BCUT2D eigenvalue weighted by Gasteiger charge is 2.32. The van der Waals surface area contributed by atoms with Crippen molar-refractivity contribution in [1.82, 2.24) is 4.98 Å². The number of rotatable bonds is 5. The van der Waals surface area contributed by atoms with E-state index in [-0.39, 0.29) is 5.97 Å². The fourth-order valence-corrected chi connectivity index (χ4v) is 2.54. The number of ether oxygens (including phenoxy) is 2. The number of carbonyl (C=O) groups excluding carboxylic acids is 1. The second-order valence-electron chi connectivity index (χ2n) is 4.46. The van der Waals surface area contributed by atoms with Crippen LogP contribution in [0.5, 0.6) is 5.75 Å². The van der Waals surface area contributed by atoms with Gasteiger partial charge in [-0.15, -0.1) is 0 Å². The molecule has 0 saturated carbocycles. The summed E-state index contributed by atoms with van der Waals surface area (Å²) in [4.78, 5) is 22.5. The van der Waals surface area contributed by atoms with Gasteiger partial charge in [-0.2, -0.15) is 0 Å². The first-order valence-corrected chi connectivity index (χ1v) is 7.60. The number of hydrogen-bond acceptors (Lipinski definition) is 6. The van der Waals surface area contributed by atoms with Crippen LogP contribution in [0.25, 0.3) is 0 Å². The largest absolute Gasteiger partial charge is 0.494 e. The highest BCUT2D eigenvalue weighted by Crippen LogP contribution is 2.32. The predicted molar refractivity (Wildman–Crippen MR) is 84.0 cm³/mol. The van der Waals surface area contributed by atoms with Gasteiger partial charge in [-0.3, -0.25) is 4.99 Å². The summed E-state index contributed by atoms with van der Waals surface area (Å²) in [6.07, 6.45) is 2.43. The van der Waals surface area contributed by atoms with Crippen LogP contribution in [0.2, 0.25) is 0 Å². The molecule has 0 aliphatic carbocycles. The topological polar surface area (TPSA) is 64.0 Å². The highest BCUT2D eigenvalue weighted by atomic mass is 79.9. The molecule has 1 unspecified atom stereocenters. The lowest BCUT2D eigenvalue weighted by molar-refractivity contribution is -0.144. The summed E-state index contributed by atoms with van der Waals surface area (Å²) in [5.41, 5.74) is 0.799. The van der Waals surface area contributed by atoms with Gasteiger partial charge in [-0.1, -0.05) is 6.92 Å². The maximum Gasteiger partial charge on any atom is 0.332 e. The Kier molecular flexibility index (Phi) is 5.17. The van der Waals surface area contributed by atoms with Crippen LogP contribution in [-0.4, -0.2) is 43.1 Å². The monoisotopic (exact) mass is 355 g/mol. The number of nitrogens with zero attached hydrogens (tertiary/aromatic N) is 3. The van der Waals surface area contributed by atoms with Gasteiger partial charge in [-0.25, -0.2) is 9.78 Å². The summed E-state index contributed by atoms with van der Waals surface area (Å²) in [6, 6.07) is 1.30. The minimum atomic E-state index is -0.492. The van der Waals surface area contributed by atoms with Gasteiger partial charge in [0.1, 0.15) is 21.9 Å². The molecule has 2 rings (SSSR count). The Morgan fingerprint density at radius 3 is 2.90 bits per heavy atom. The van der Waals surface area contributed by atoms with Crippen LogP contribution in [0.3, 0.4) is 0 Å². The van der Waals surface area contributed by atoms with Gasteiger partial charge in [0, 0.05) is 12.5 Å². The third-order valence-electron chi connectivity index (χ3n) is 3.17. The predicted octanol–water partition coefficient (Wildman–Crippen LogP) is 2.41. The van der Waals surface area contributed by atoms with Crippen molar-refractivity contribution in [2.24, 2.45) is 4.99 Å². The van der Waals surface area contributed by atoms with Gasteiger partial charge in [0.25, 0.3) is 0 Å². The number of aromatic nitrogens is 1. The van der Waals surface area contributed by atoms with E-state index in [4.69, 9.17) is 9.47 Å². The summed E-state index contributed by atoms with van der Waals surface area (Å²) < 4.78 is 11.1. The molecule has 0 amide bonds. The molecule has 21 heavy (non-hydrogen) atoms. The Balaban J connectivity index is 2.29. The zero-order valence-corrected chi connectivity index (χ0v) is 13.9. The number of hydrogen-bond donors (Lipinski definition) is 0. The van der Waals surface area contributed by atoms with Crippen molar-refractivity contribution in [2.75, 3.05) is 25.2 Å². The molecule has 0 fully saturated rings. The molecule has 1 aliphatic rings. The third-order valence-corrected chi connectivity index (χ3v) is 3.60. The Morgan fingerprint density at radius 1 is 1.52 bits per heavy atom. The molecule has 0 saturated heterocycles. The fraction of sp³-hybridized carbons (Fsp3) is 0.500. The molecule has 0 radical (unpaired) electrons. The number of halogens is 1. The molecule has 2 heterocycles. The minimum Gasteiger partial charge on any atom is -0.494 e. The van der Waals surface area contributed by atoms with Gasteiger partial charge in [-0.05, 0) is 22.9 Å². The zero-order chi connectivity index (χ0) is 15.4. The molecule has 1 atom stereocenters. The summed E-state index contributed by atoms with van der Waals surface area (Å²) in [6.45, 7) is 4.59. The van der Waals surface area contributed by atoms with E-state index in [9.17, 15) is 4.79 Å². The zero-order valence-electron chi connectivity index (χ0n) is 12.3. The van der Waals surface area contributed by atoms with Crippen LogP contribution in [0.15, 0.2) is 21.9 Å². The normalized spacial score (nSPS) is 17.6. The average Bonchev–Trinajstić information content (AvgIpc) is 2.91. The highest BCUT2D eigenvalue weighted by molar-refractivity contribution is 9.10. The first-order valence-electron chi connectivity index (χ1n) is 6.81. The lowest BCUT2D eigenvalue weighted by Crippen LogP contribution is -2.32. The number of esters is 1. The van der Waals surface area contributed by atoms with Crippen LogP contribution in [-0.2, 0) is 9.53 Å². The molecule has 0 aromatic carbocycles. The molecule has 1 aromatic heterocycles. The maximum absolute atomic E-state index is 11.9.